The molecular weight excluding hydrogens is 318 g/mol. The van der Waals surface area contributed by atoms with Gasteiger partial charge in [0.25, 0.3) is 0 Å². The first kappa shape index (κ1) is 15.2. The number of nitrogens with zero attached hydrogens (tertiary/aromatic N) is 4. The van der Waals surface area contributed by atoms with Crippen LogP contribution in [0.3, 0.4) is 0 Å². The second-order valence-corrected chi connectivity index (χ2v) is 5.44. The van der Waals surface area contributed by atoms with Gasteiger partial charge in [-0.3, -0.25) is 9.48 Å². The fraction of sp³-hybridized carbons (Fsp3) is 0.200. The number of aryl methyl sites for hydroxylation is 1. The second-order valence-electron chi connectivity index (χ2n) is 5.00. The van der Waals surface area contributed by atoms with Gasteiger partial charge >= 0.3 is 0 Å². The zero-order valence-corrected chi connectivity index (χ0v) is 13.1. The lowest BCUT2D eigenvalue weighted by Crippen LogP contribution is -2.27. The molecule has 0 fully saturated rings. The van der Waals surface area contributed by atoms with Crippen LogP contribution in [0.4, 0.5) is 0 Å². The normalized spacial score (nSPS) is 10.7. The van der Waals surface area contributed by atoms with Crippen molar-refractivity contribution in [3.05, 3.63) is 53.1 Å². The molecule has 0 atom stereocenters. The summed E-state index contributed by atoms with van der Waals surface area (Å²) in [5.74, 6) is 0.535. The number of hydrogen-bond donors (Lipinski definition) is 1. The first-order valence-corrected chi connectivity index (χ1v) is 7.32. The summed E-state index contributed by atoms with van der Waals surface area (Å²) in [4.78, 5) is 11.8. The molecule has 0 saturated carbocycles. The monoisotopic (exact) mass is 331 g/mol. The van der Waals surface area contributed by atoms with E-state index in [2.05, 4.69) is 20.6 Å². The van der Waals surface area contributed by atoms with Crippen LogP contribution in [0.25, 0.3) is 11.5 Å². The molecule has 2 heterocycles. The molecule has 0 unspecified atom stereocenters. The fourth-order valence-corrected chi connectivity index (χ4v) is 2.09. The summed E-state index contributed by atoms with van der Waals surface area (Å²) in [6.45, 7) is 2.23. The Labute approximate surface area is 137 Å². The quantitative estimate of drug-likeness (QED) is 0.774. The third-order valence-corrected chi connectivity index (χ3v) is 3.31. The molecule has 8 heteroatoms. The molecule has 1 amide bonds. The summed E-state index contributed by atoms with van der Waals surface area (Å²) in [5, 5.41) is 15.3. The minimum Gasteiger partial charge on any atom is -0.419 e. The van der Waals surface area contributed by atoms with E-state index in [-0.39, 0.29) is 19.0 Å². The maximum atomic E-state index is 11.8. The molecule has 0 radical (unpaired) electrons. The van der Waals surface area contributed by atoms with E-state index in [9.17, 15) is 4.79 Å². The van der Waals surface area contributed by atoms with Gasteiger partial charge in [0.1, 0.15) is 6.54 Å². The number of carbonyl (C=O) groups is 1. The Morgan fingerprint density at radius 2 is 2.09 bits per heavy atom. The van der Waals surface area contributed by atoms with E-state index in [1.54, 1.807) is 41.3 Å². The maximum absolute atomic E-state index is 11.8. The van der Waals surface area contributed by atoms with Gasteiger partial charge in [-0.15, -0.1) is 10.2 Å². The molecule has 0 saturated heterocycles. The Hall–Kier alpha value is -2.67. The summed E-state index contributed by atoms with van der Waals surface area (Å²) < 4.78 is 7.08. The molecule has 7 nitrogen and oxygen atoms in total. The maximum Gasteiger partial charge on any atom is 0.247 e. The van der Waals surface area contributed by atoms with E-state index in [1.165, 1.54) is 0 Å². The molecule has 3 aromatic rings. The van der Waals surface area contributed by atoms with Crippen LogP contribution in [0.2, 0.25) is 5.02 Å². The van der Waals surface area contributed by atoms with Crippen molar-refractivity contribution in [3.63, 3.8) is 0 Å². The molecule has 2 aromatic heterocycles. The number of hydrogen-bond acceptors (Lipinski definition) is 5. The number of halogens is 1. The van der Waals surface area contributed by atoms with E-state index < -0.39 is 0 Å². The molecule has 1 N–H and O–H groups in total. The van der Waals surface area contributed by atoms with E-state index in [4.69, 9.17) is 16.0 Å². The van der Waals surface area contributed by atoms with E-state index >= 15 is 0 Å². The van der Waals surface area contributed by atoms with Gasteiger partial charge < -0.3 is 9.73 Å². The van der Waals surface area contributed by atoms with E-state index in [0.717, 1.165) is 11.1 Å². The van der Waals surface area contributed by atoms with Crippen LogP contribution in [0, 0.1) is 6.92 Å². The Kier molecular flexibility index (Phi) is 4.38. The largest absolute Gasteiger partial charge is 0.419 e. The summed E-state index contributed by atoms with van der Waals surface area (Å²) in [6.07, 6.45) is 3.49. The average molecular weight is 332 g/mol. The first-order valence-electron chi connectivity index (χ1n) is 6.94. The number of aromatic nitrogens is 4. The molecule has 0 aliphatic heterocycles. The Morgan fingerprint density at radius 1 is 1.30 bits per heavy atom. The lowest BCUT2D eigenvalue weighted by atomic mass is 10.2. The summed E-state index contributed by atoms with van der Waals surface area (Å²) in [5.41, 5.74) is 1.77. The molecule has 0 bridgehead atoms. The standard InChI is InChI=1S/C15H14ClN5O2/c1-10-6-18-21(8-10)9-13(22)17-7-14-19-20-15(23-14)11-2-4-12(16)5-3-11/h2-6,8H,7,9H2,1H3,(H,17,22). The molecule has 23 heavy (non-hydrogen) atoms. The summed E-state index contributed by atoms with van der Waals surface area (Å²) in [7, 11) is 0. The zero-order chi connectivity index (χ0) is 16.2. The van der Waals surface area contributed by atoms with Crippen LogP contribution in [-0.2, 0) is 17.9 Å². The van der Waals surface area contributed by atoms with Gasteiger partial charge in [-0.25, -0.2) is 0 Å². The SMILES string of the molecule is Cc1cnn(CC(=O)NCc2nnc(-c3ccc(Cl)cc3)o2)c1. The van der Waals surface area contributed by atoms with Crippen LogP contribution in [0.1, 0.15) is 11.5 Å². The minimum atomic E-state index is -0.181. The third-order valence-electron chi connectivity index (χ3n) is 3.06. The lowest BCUT2D eigenvalue weighted by molar-refractivity contribution is -0.122. The van der Waals surface area contributed by atoms with E-state index in [1.807, 2.05) is 6.92 Å². The highest BCUT2D eigenvalue weighted by Gasteiger charge is 2.10. The lowest BCUT2D eigenvalue weighted by Gasteiger charge is -2.02. The Morgan fingerprint density at radius 3 is 2.78 bits per heavy atom. The highest BCUT2D eigenvalue weighted by Crippen LogP contribution is 2.20. The van der Waals surface area contributed by atoms with Gasteiger partial charge in [0.05, 0.1) is 12.7 Å². The van der Waals surface area contributed by atoms with Crippen LogP contribution < -0.4 is 5.32 Å². The van der Waals surface area contributed by atoms with Crippen molar-refractivity contribution in [1.82, 2.24) is 25.3 Å². The average Bonchev–Trinajstić information content (AvgIpc) is 3.15. The van der Waals surface area contributed by atoms with Gasteiger partial charge in [-0.2, -0.15) is 5.10 Å². The molecule has 0 aliphatic rings. The van der Waals surface area contributed by atoms with E-state index in [0.29, 0.717) is 16.8 Å². The number of benzene rings is 1. The van der Waals surface area contributed by atoms with Crippen LogP contribution >= 0.6 is 11.6 Å². The van der Waals surface area contributed by atoms with Crippen LogP contribution in [0.15, 0.2) is 41.1 Å². The Balaban J connectivity index is 1.56. The third kappa shape index (κ3) is 3.95. The molecule has 3 rings (SSSR count). The van der Waals surface area contributed by atoms with Gasteiger partial charge in [0.2, 0.25) is 17.7 Å². The molecule has 0 aliphatic carbocycles. The fourth-order valence-electron chi connectivity index (χ4n) is 1.96. The number of amides is 1. The van der Waals surface area contributed by atoms with Crippen molar-refractivity contribution >= 4 is 17.5 Å². The smallest absolute Gasteiger partial charge is 0.247 e. The topological polar surface area (TPSA) is 85.8 Å². The van der Waals surface area contributed by atoms with Crippen LogP contribution in [-0.4, -0.2) is 25.9 Å². The molecule has 0 spiro atoms. The van der Waals surface area contributed by atoms with Crippen LogP contribution in [0.5, 0.6) is 0 Å². The zero-order valence-electron chi connectivity index (χ0n) is 12.4. The predicted molar refractivity (Wildman–Crippen MR) is 83.6 cm³/mol. The van der Waals surface area contributed by atoms with Crippen molar-refractivity contribution in [2.75, 3.05) is 0 Å². The minimum absolute atomic E-state index is 0.145. The second kappa shape index (κ2) is 6.62. The number of rotatable bonds is 5. The number of carbonyl (C=O) groups excluding carboxylic acids is 1. The highest BCUT2D eigenvalue weighted by molar-refractivity contribution is 6.30. The van der Waals surface area contributed by atoms with Gasteiger partial charge in [-0.1, -0.05) is 11.6 Å². The van der Waals surface area contributed by atoms with Crippen molar-refractivity contribution in [2.45, 2.75) is 20.0 Å². The predicted octanol–water partition coefficient (Wildman–Crippen LogP) is 2.21. The van der Waals surface area contributed by atoms with Gasteiger partial charge in [-0.05, 0) is 36.8 Å². The summed E-state index contributed by atoms with van der Waals surface area (Å²) >= 11 is 5.84. The van der Waals surface area contributed by atoms with Gasteiger partial charge in [0.15, 0.2) is 0 Å². The number of nitrogens with one attached hydrogen (secondary N) is 1. The Bertz CT molecular complexity index is 809. The van der Waals surface area contributed by atoms with Crippen molar-refractivity contribution < 1.29 is 9.21 Å². The van der Waals surface area contributed by atoms with Crippen molar-refractivity contribution in [3.8, 4) is 11.5 Å². The first-order chi connectivity index (χ1) is 11.1. The highest BCUT2D eigenvalue weighted by atomic mass is 35.5. The molecule has 118 valence electrons. The molecule has 1 aromatic carbocycles. The van der Waals surface area contributed by atoms with Crippen molar-refractivity contribution in [1.29, 1.82) is 0 Å². The molecular formula is C15H14ClN5O2. The van der Waals surface area contributed by atoms with Gasteiger partial charge in [0, 0.05) is 16.8 Å². The summed E-state index contributed by atoms with van der Waals surface area (Å²) in [6, 6.07) is 7.07. The van der Waals surface area contributed by atoms with Crippen molar-refractivity contribution in [2.24, 2.45) is 0 Å².